The van der Waals surface area contributed by atoms with Gasteiger partial charge in [0.1, 0.15) is 0 Å². The molecule has 0 atom stereocenters. The number of aryl methyl sites for hydroxylation is 2. The molecule has 0 aliphatic heterocycles. The van der Waals surface area contributed by atoms with Gasteiger partial charge in [-0.2, -0.15) is 0 Å². The normalized spacial score (nSPS) is 15.2. The quantitative estimate of drug-likeness (QED) is 0.747. The van der Waals surface area contributed by atoms with Crippen molar-refractivity contribution in [2.24, 2.45) is 0 Å². The molecule has 1 aliphatic rings. The number of rotatable bonds is 7. The molecular weight excluding hydrogens is 232 g/mol. The third kappa shape index (κ3) is 3.01. The summed E-state index contributed by atoms with van der Waals surface area (Å²) >= 11 is 0. The molecule has 102 valence electrons. The monoisotopic (exact) mass is 256 g/mol. The van der Waals surface area contributed by atoms with Gasteiger partial charge in [0.25, 0.3) is 0 Å². The average molecular weight is 256 g/mol. The van der Waals surface area contributed by atoms with Crippen LogP contribution < -0.4 is 5.32 Å². The lowest BCUT2D eigenvalue weighted by molar-refractivity contribution is 0.574. The maximum Gasteiger partial charge on any atom is 0.0512 e. The number of nitrogens with zero attached hydrogens (tertiary/aromatic N) is 1. The highest BCUT2D eigenvalue weighted by molar-refractivity contribution is 5.83. The molecule has 2 heteroatoms. The van der Waals surface area contributed by atoms with Crippen LogP contribution in [0.4, 0.5) is 0 Å². The van der Waals surface area contributed by atoms with Crippen molar-refractivity contribution in [3.63, 3.8) is 0 Å². The third-order valence-electron chi connectivity index (χ3n) is 4.09. The van der Waals surface area contributed by atoms with Crippen LogP contribution in [0.5, 0.6) is 0 Å². The Morgan fingerprint density at radius 2 is 2.11 bits per heavy atom. The van der Waals surface area contributed by atoms with E-state index >= 15 is 0 Å². The van der Waals surface area contributed by atoms with Crippen LogP contribution in [-0.2, 0) is 13.0 Å². The topological polar surface area (TPSA) is 17.0 Å². The third-order valence-corrected chi connectivity index (χ3v) is 4.09. The first kappa shape index (κ1) is 12.7. The van der Waals surface area contributed by atoms with Gasteiger partial charge in [-0.1, -0.05) is 25.1 Å². The summed E-state index contributed by atoms with van der Waals surface area (Å²) in [6.07, 6.45) is 8.69. The SMILES string of the molecule is CCc1cccc2ccn(CCCCNC3CC3)c12. The van der Waals surface area contributed by atoms with E-state index in [4.69, 9.17) is 0 Å². The second-order valence-electron chi connectivity index (χ2n) is 5.65. The Kier molecular flexibility index (Phi) is 3.88. The summed E-state index contributed by atoms with van der Waals surface area (Å²) in [7, 11) is 0. The number of benzene rings is 1. The van der Waals surface area contributed by atoms with Crippen molar-refractivity contribution in [2.45, 2.75) is 51.6 Å². The lowest BCUT2D eigenvalue weighted by Gasteiger charge is -2.09. The standard InChI is InChI=1S/C17H24N2/c1-2-14-6-5-7-15-10-13-19(17(14)15)12-4-3-11-18-16-8-9-16/h5-7,10,13,16,18H,2-4,8-9,11-12H2,1H3. The molecule has 0 saturated heterocycles. The van der Waals surface area contributed by atoms with E-state index in [0.29, 0.717) is 0 Å². The van der Waals surface area contributed by atoms with Crippen LogP contribution in [0.15, 0.2) is 30.5 Å². The zero-order chi connectivity index (χ0) is 13.1. The summed E-state index contributed by atoms with van der Waals surface area (Å²) in [6, 6.07) is 9.74. The van der Waals surface area contributed by atoms with Gasteiger partial charge in [0.15, 0.2) is 0 Å². The first-order valence-corrected chi connectivity index (χ1v) is 7.68. The molecular formula is C17H24N2. The van der Waals surface area contributed by atoms with E-state index < -0.39 is 0 Å². The molecule has 3 rings (SSSR count). The molecule has 1 aliphatic carbocycles. The first-order chi connectivity index (χ1) is 9.38. The van der Waals surface area contributed by atoms with Crippen LogP contribution in [0.1, 0.15) is 38.2 Å². The lowest BCUT2D eigenvalue weighted by atomic mass is 10.1. The zero-order valence-electron chi connectivity index (χ0n) is 11.9. The van der Waals surface area contributed by atoms with Gasteiger partial charge in [0, 0.05) is 18.8 Å². The Hall–Kier alpha value is -1.28. The Morgan fingerprint density at radius 1 is 1.21 bits per heavy atom. The Morgan fingerprint density at radius 3 is 2.89 bits per heavy atom. The predicted molar refractivity (Wildman–Crippen MR) is 81.6 cm³/mol. The van der Waals surface area contributed by atoms with E-state index in [-0.39, 0.29) is 0 Å². The van der Waals surface area contributed by atoms with Gasteiger partial charge < -0.3 is 9.88 Å². The number of hydrogen-bond acceptors (Lipinski definition) is 1. The Labute approximate surface area is 115 Å². The van der Waals surface area contributed by atoms with Crippen LogP contribution in [-0.4, -0.2) is 17.2 Å². The van der Waals surface area contributed by atoms with Crippen LogP contribution >= 0.6 is 0 Å². The molecule has 0 spiro atoms. The zero-order valence-corrected chi connectivity index (χ0v) is 11.9. The van der Waals surface area contributed by atoms with Gasteiger partial charge in [-0.15, -0.1) is 0 Å². The van der Waals surface area contributed by atoms with Crippen molar-refractivity contribution in [3.8, 4) is 0 Å². The van der Waals surface area contributed by atoms with Gasteiger partial charge in [-0.05, 0) is 55.7 Å². The van der Waals surface area contributed by atoms with Crippen molar-refractivity contribution < 1.29 is 0 Å². The van der Waals surface area contributed by atoms with E-state index in [1.54, 1.807) is 0 Å². The smallest absolute Gasteiger partial charge is 0.0512 e. The predicted octanol–water partition coefficient (Wildman–Crippen LogP) is 3.74. The highest BCUT2D eigenvalue weighted by Crippen LogP contribution is 2.21. The van der Waals surface area contributed by atoms with E-state index in [0.717, 1.165) is 19.0 Å². The van der Waals surface area contributed by atoms with Gasteiger partial charge in [-0.3, -0.25) is 0 Å². The Balaban J connectivity index is 1.60. The summed E-state index contributed by atoms with van der Waals surface area (Å²) in [6.45, 7) is 4.57. The van der Waals surface area contributed by atoms with Crippen LogP contribution in [0.3, 0.4) is 0 Å². The molecule has 1 fully saturated rings. The summed E-state index contributed by atoms with van der Waals surface area (Å²) in [4.78, 5) is 0. The van der Waals surface area contributed by atoms with Gasteiger partial charge in [-0.25, -0.2) is 0 Å². The number of para-hydroxylation sites is 1. The fourth-order valence-electron chi connectivity index (χ4n) is 2.81. The Bertz CT molecular complexity index is 537. The molecule has 0 bridgehead atoms. The van der Waals surface area contributed by atoms with Gasteiger partial charge in [0.05, 0.1) is 5.52 Å². The molecule has 0 amide bonds. The average Bonchev–Trinajstić information content (AvgIpc) is 3.17. The van der Waals surface area contributed by atoms with E-state index in [2.05, 4.69) is 47.3 Å². The molecule has 1 saturated carbocycles. The maximum atomic E-state index is 3.59. The number of unbranched alkanes of at least 4 members (excludes halogenated alkanes) is 1. The number of aromatic nitrogens is 1. The van der Waals surface area contributed by atoms with Crippen molar-refractivity contribution in [2.75, 3.05) is 6.54 Å². The fourth-order valence-corrected chi connectivity index (χ4v) is 2.81. The second-order valence-corrected chi connectivity index (χ2v) is 5.65. The molecule has 1 aromatic carbocycles. The van der Waals surface area contributed by atoms with E-state index in [1.807, 2.05) is 0 Å². The molecule has 1 heterocycles. The molecule has 1 N–H and O–H groups in total. The summed E-state index contributed by atoms with van der Waals surface area (Å²) in [5.41, 5.74) is 2.92. The number of fused-ring (bicyclic) bond motifs is 1. The number of nitrogens with one attached hydrogen (secondary N) is 1. The highest BCUT2D eigenvalue weighted by atomic mass is 15.0. The molecule has 1 aromatic heterocycles. The largest absolute Gasteiger partial charge is 0.347 e. The van der Waals surface area contributed by atoms with Crippen LogP contribution in [0.25, 0.3) is 10.9 Å². The van der Waals surface area contributed by atoms with Crippen molar-refractivity contribution in [1.82, 2.24) is 9.88 Å². The summed E-state index contributed by atoms with van der Waals surface area (Å²) in [5.74, 6) is 0. The lowest BCUT2D eigenvalue weighted by Crippen LogP contribution is -2.17. The second kappa shape index (κ2) is 5.79. The molecule has 2 nitrogen and oxygen atoms in total. The van der Waals surface area contributed by atoms with Crippen molar-refractivity contribution >= 4 is 10.9 Å². The van der Waals surface area contributed by atoms with E-state index in [9.17, 15) is 0 Å². The molecule has 2 aromatic rings. The van der Waals surface area contributed by atoms with E-state index in [1.165, 1.54) is 48.7 Å². The number of hydrogen-bond donors (Lipinski definition) is 1. The van der Waals surface area contributed by atoms with Crippen molar-refractivity contribution in [1.29, 1.82) is 0 Å². The maximum absolute atomic E-state index is 3.59. The van der Waals surface area contributed by atoms with Crippen molar-refractivity contribution in [3.05, 3.63) is 36.0 Å². The van der Waals surface area contributed by atoms with Gasteiger partial charge in [0.2, 0.25) is 0 Å². The summed E-state index contributed by atoms with van der Waals surface area (Å²) < 4.78 is 2.44. The minimum absolute atomic E-state index is 0.846. The van der Waals surface area contributed by atoms with Crippen LogP contribution in [0, 0.1) is 0 Å². The summed E-state index contributed by atoms with van der Waals surface area (Å²) in [5, 5.41) is 4.97. The first-order valence-electron chi connectivity index (χ1n) is 7.68. The highest BCUT2D eigenvalue weighted by Gasteiger charge is 2.19. The molecule has 0 unspecified atom stereocenters. The fraction of sp³-hybridized carbons (Fsp3) is 0.529. The van der Waals surface area contributed by atoms with Gasteiger partial charge >= 0.3 is 0 Å². The molecule has 19 heavy (non-hydrogen) atoms. The van der Waals surface area contributed by atoms with Crippen LogP contribution in [0.2, 0.25) is 0 Å². The minimum Gasteiger partial charge on any atom is -0.347 e. The molecule has 0 radical (unpaired) electrons. The minimum atomic E-state index is 0.846.